The molecule has 0 heterocycles. The van der Waals surface area contributed by atoms with Crippen molar-refractivity contribution in [2.75, 3.05) is 7.11 Å². The Labute approximate surface area is 111 Å². The number of hydrogen-bond acceptors (Lipinski definition) is 4. The molecule has 0 fully saturated rings. The third-order valence-electron chi connectivity index (χ3n) is 1.82. The second kappa shape index (κ2) is 6.06. The van der Waals surface area contributed by atoms with Crippen LogP contribution in [0.1, 0.15) is 0 Å². The quantitative estimate of drug-likeness (QED) is 0.636. The lowest BCUT2D eigenvalue weighted by molar-refractivity contribution is -0.137. The lowest BCUT2D eigenvalue weighted by Gasteiger charge is -2.09. The van der Waals surface area contributed by atoms with Crippen LogP contribution in [-0.4, -0.2) is 29.3 Å². The van der Waals surface area contributed by atoms with Crippen LogP contribution in [0.2, 0.25) is 0 Å². The van der Waals surface area contributed by atoms with Crippen LogP contribution in [0.3, 0.4) is 0 Å². The van der Waals surface area contributed by atoms with Crippen molar-refractivity contribution in [3.8, 4) is 11.5 Å². The molecule has 1 rings (SSSR count). The van der Waals surface area contributed by atoms with Gasteiger partial charge in [-0.15, -0.1) is 0 Å². The topological polar surface area (TPSA) is 93.1 Å². The summed E-state index contributed by atoms with van der Waals surface area (Å²) in [6.07, 6.45) is 0.467. The maximum Gasteiger partial charge on any atom is 0.372 e. The summed E-state index contributed by atoms with van der Waals surface area (Å²) in [5.74, 6) is -2.99. The number of ether oxygens (including phenoxy) is 2. The van der Waals surface area contributed by atoms with Crippen molar-refractivity contribution < 1.29 is 29.3 Å². The monoisotopic (exact) mass is 316 g/mol. The van der Waals surface area contributed by atoms with Gasteiger partial charge in [0.1, 0.15) is 11.5 Å². The molecule has 0 aromatic heterocycles. The molecule has 0 saturated heterocycles. The highest BCUT2D eigenvalue weighted by Crippen LogP contribution is 2.30. The highest BCUT2D eigenvalue weighted by atomic mass is 79.9. The summed E-state index contributed by atoms with van der Waals surface area (Å²) in [5, 5.41) is 17.3. The van der Waals surface area contributed by atoms with Gasteiger partial charge in [0.05, 0.1) is 17.7 Å². The molecule has 1 aromatic carbocycles. The first-order valence-corrected chi connectivity index (χ1v) is 5.42. The number of benzene rings is 1. The lowest BCUT2D eigenvalue weighted by Crippen LogP contribution is -2.10. The number of aliphatic carboxylic acids is 2. The van der Waals surface area contributed by atoms with Crippen LogP contribution in [-0.2, 0) is 9.59 Å². The first kappa shape index (κ1) is 14.0. The molecule has 7 heteroatoms. The number of carboxylic acid groups (broad SMARTS) is 2. The molecule has 0 aliphatic rings. The van der Waals surface area contributed by atoms with E-state index in [0.717, 1.165) is 0 Å². The number of hydrogen-bond donors (Lipinski definition) is 2. The zero-order chi connectivity index (χ0) is 13.7. The Morgan fingerprint density at radius 3 is 2.50 bits per heavy atom. The summed E-state index contributed by atoms with van der Waals surface area (Å²) in [4.78, 5) is 21.3. The summed E-state index contributed by atoms with van der Waals surface area (Å²) >= 11 is 3.16. The van der Waals surface area contributed by atoms with E-state index >= 15 is 0 Å². The first-order chi connectivity index (χ1) is 8.43. The van der Waals surface area contributed by atoms with E-state index in [-0.39, 0.29) is 5.75 Å². The number of rotatable bonds is 5. The van der Waals surface area contributed by atoms with Crippen molar-refractivity contribution in [2.24, 2.45) is 0 Å². The van der Waals surface area contributed by atoms with E-state index in [9.17, 15) is 9.59 Å². The van der Waals surface area contributed by atoms with E-state index in [4.69, 9.17) is 19.7 Å². The minimum Gasteiger partial charge on any atom is -0.497 e. The van der Waals surface area contributed by atoms with E-state index in [1.165, 1.54) is 13.2 Å². The molecule has 0 radical (unpaired) electrons. The zero-order valence-corrected chi connectivity index (χ0v) is 10.8. The van der Waals surface area contributed by atoms with Gasteiger partial charge in [0.2, 0.25) is 5.76 Å². The second-order valence-electron chi connectivity index (χ2n) is 3.05. The average Bonchev–Trinajstić information content (AvgIpc) is 2.30. The molecule has 18 heavy (non-hydrogen) atoms. The molecule has 0 amide bonds. The molecule has 2 N–H and O–H groups in total. The van der Waals surface area contributed by atoms with Crippen LogP contribution in [0, 0.1) is 0 Å². The van der Waals surface area contributed by atoms with Gasteiger partial charge >= 0.3 is 11.9 Å². The van der Waals surface area contributed by atoms with E-state index < -0.39 is 17.7 Å². The number of carboxylic acids is 2. The maximum absolute atomic E-state index is 10.8. The second-order valence-corrected chi connectivity index (χ2v) is 3.90. The predicted molar refractivity (Wildman–Crippen MR) is 64.7 cm³/mol. The van der Waals surface area contributed by atoms with Crippen molar-refractivity contribution in [3.63, 3.8) is 0 Å². The van der Waals surface area contributed by atoms with Gasteiger partial charge in [0.15, 0.2) is 0 Å². The van der Waals surface area contributed by atoms with Gasteiger partial charge in [-0.25, -0.2) is 9.59 Å². The van der Waals surface area contributed by atoms with E-state index in [2.05, 4.69) is 15.9 Å². The minimum absolute atomic E-state index is 0.143. The minimum atomic E-state index is -1.48. The highest BCUT2D eigenvalue weighted by Gasteiger charge is 2.14. The summed E-state index contributed by atoms with van der Waals surface area (Å²) in [5.41, 5.74) is 0. The Balaban J connectivity index is 3.08. The van der Waals surface area contributed by atoms with Crippen molar-refractivity contribution in [1.82, 2.24) is 0 Å². The third-order valence-corrected chi connectivity index (χ3v) is 2.48. The first-order valence-electron chi connectivity index (χ1n) is 4.63. The van der Waals surface area contributed by atoms with Gasteiger partial charge in [-0.3, -0.25) is 0 Å². The fraction of sp³-hybridized carbons (Fsp3) is 0.0909. The molecule has 0 aliphatic carbocycles. The van der Waals surface area contributed by atoms with Crippen LogP contribution in [0.25, 0.3) is 0 Å². The molecular formula is C11H9BrO6. The Bertz CT molecular complexity index is 508. The van der Waals surface area contributed by atoms with E-state index in [1.54, 1.807) is 12.1 Å². The normalized spacial score (nSPS) is 10.9. The largest absolute Gasteiger partial charge is 0.497 e. The fourth-order valence-corrected chi connectivity index (χ4v) is 1.38. The van der Waals surface area contributed by atoms with Crippen LogP contribution in [0.15, 0.2) is 34.5 Å². The molecule has 0 aliphatic heterocycles. The molecule has 0 unspecified atom stereocenters. The zero-order valence-electron chi connectivity index (χ0n) is 9.21. The Kier molecular flexibility index (Phi) is 4.73. The summed E-state index contributed by atoms with van der Waals surface area (Å²) in [6, 6.07) is 4.66. The van der Waals surface area contributed by atoms with Crippen LogP contribution >= 0.6 is 15.9 Å². The van der Waals surface area contributed by atoms with Gasteiger partial charge in [-0.2, -0.15) is 0 Å². The Hall–Kier alpha value is -2.02. The molecular weight excluding hydrogens is 308 g/mol. The van der Waals surface area contributed by atoms with Gasteiger partial charge in [-0.1, -0.05) is 0 Å². The van der Waals surface area contributed by atoms with Gasteiger partial charge < -0.3 is 19.7 Å². The van der Waals surface area contributed by atoms with E-state index in [1.807, 2.05) is 0 Å². The standard InChI is InChI=1S/C11H9BrO6/c1-17-6-2-3-7(12)8(4-6)18-9(11(15)16)5-10(13)14/h2-5H,1H3,(H,13,14)(H,15,16). The third kappa shape index (κ3) is 3.77. The summed E-state index contributed by atoms with van der Waals surface area (Å²) in [7, 11) is 1.44. The smallest absolute Gasteiger partial charge is 0.372 e. The molecule has 96 valence electrons. The van der Waals surface area contributed by atoms with Crippen LogP contribution < -0.4 is 9.47 Å². The molecule has 0 saturated carbocycles. The number of halogens is 1. The molecule has 0 spiro atoms. The van der Waals surface area contributed by atoms with Gasteiger partial charge in [-0.05, 0) is 28.1 Å². The fourth-order valence-electron chi connectivity index (χ4n) is 1.05. The molecule has 1 aromatic rings. The summed E-state index contributed by atoms with van der Waals surface area (Å²) in [6.45, 7) is 0. The van der Waals surface area contributed by atoms with Crippen LogP contribution in [0.4, 0.5) is 0 Å². The lowest BCUT2D eigenvalue weighted by atomic mass is 10.3. The highest BCUT2D eigenvalue weighted by molar-refractivity contribution is 9.10. The number of carbonyl (C=O) groups is 2. The maximum atomic E-state index is 10.8. The Morgan fingerprint density at radius 2 is 2.00 bits per heavy atom. The predicted octanol–water partition coefficient (Wildman–Crippen LogP) is 1.89. The average molecular weight is 317 g/mol. The van der Waals surface area contributed by atoms with Crippen molar-refractivity contribution >= 4 is 27.9 Å². The molecule has 6 nitrogen and oxygen atoms in total. The summed E-state index contributed by atoms with van der Waals surface area (Å²) < 4.78 is 10.4. The van der Waals surface area contributed by atoms with E-state index in [0.29, 0.717) is 16.3 Å². The molecule has 0 bridgehead atoms. The van der Waals surface area contributed by atoms with Gasteiger partial charge in [0.25, 0.3) is 0 Å². The van der Waals surface area contributed by atoms with Crippen molar-refractivity contribution in [3.05, 3.63) is 34.5 Å². The SMILES string of the molecule is COc1ccc(Br)c(OC(=CC(=O)O)C(=O)O)c1. The van der Waals surface area contributed by atoms with Gasteiger partial charge in [0, 0.05) is 6.07 Å². The molecule has 0 atom stereocenters. The van der Waals surface area contributed by atoms with Crippen molar-refractivity contribution in [1.29, 1.82) is 0 Å². The van der Waals surface area contributed by atoms with Crippen molar-refractivity contribution in [2.45, 2.75) is 0 Å². The van der Waals surface area contributed by atoms with Crippen LogP contribution in [0.5, 0.6) is 11.5 Å². The number of methoxy groups -OCH3 is 1. The Morgan fingerprint density at radius 1 is 1.33 bits per heavy atom.